The minimum atomic E-state index is -0.425. The van der Waals surface area contributed by atoms with Gasteiger partial charge in [-0.15, -0.1) is 0 Å². The van der Waals surface area contributed by atoms with Crippen molar-refractivity contribution in [2.24, 2.45) is 0 Å². The second-order valence-electron chi connectivity index (χ2n) is 4.63. The van der Waals surface area contributed by atoms with E-state index in [0.29, 0.717) is 23.9 Å². The quantitative estimate of drug-likeness (QED) is 0.570. The van der Waals surface area contributed by atoms with Gasteiger partial charge in [0.2, 0.25) is 11.7 Å². The highest BCUT2D eigenvalue weighted by atomic mass is 32.1. The molecule has 0 amide bonds. The van der Waals surface area contributed by atoms with Crippen molar-refractivity contribution >= 4 is 22.7 Å². The predicted octanol–water partition coefficient (Wildman–Crippen LogP) is 3.63. The van der Waals surface area contributed by atoms with Crippen molar-refractivity contribution in [2.45, 2.75) is 13.5 Å². The summed E-state index contributed by atoms with van der Waals surface area (Å²) < 4.78 is 5.17. The summed E-state index contributed by atoms with van der Waals surface area (Å²) >= 11 is 1.56. The first kappa shape index (κ1) is 14.2. The van der Waals surface area contributed by atoms with Crippen molar-refractivity contribution in [3.8, 4) is 11.4 Å². The lowest BCUT2D eigenvalue weighted by molar-refractivity contribution is -0.384. The number of aromatic nitrogens is 2. The number of rotatable bonds is 5. The lowest BCUT2D eigenvalue weighted by atomic mass is 10.2. The molecular weight excluding hydrogens is 304 g/mol. The van der Waals surface area contributed by atoms with Crippen molar-refractivity contribution in [3.05, 3.63) is 56.6 Å². The van der Waals surface area contributed by atoms with Crippen LogP contribution in [-0.2, 0) is 6.54 Å². The fourth-order valence-electron chi connectivity index (χ4n) is 1.92. The Hall–Kier alpha value is -2.74. The summed E-state index contributed by atoms with van der Waals surface area (Å²) in [5.41, 5.74) is 2.52. The van der Waals surface area contributed by atoms with Crippen molar-refractivity contribution in [1.29, 1.82) is 0 Å². The second-order valence-corrected chi connectivity index (χ2v) is 5.41. The Bertz CT molecular complexity index is 798. The Balaban J connectivity index is 1.73. The summed E-state index contributed by atoms with van der Waals surface area (Å²) in [7, 11) is 0. The second kappa shape index (κ2) is 5.94. The number of anilines is 1. The number of non-ortho nitro benzene ring substituents is 1. The van der Waals surface area contributed by atoms with E-state index in [4.69, 9.17) is 4.52 Å². The molecule has 0 unspecified atom stereocenters. The van der Waals surface area contributed by atoms with Gasteiger partial charge in [-0.25, -0.2) is 0 Å². The van der Waals surface area contributed by atoms with Gasteiger partial charge >= 0.3 is 0 Å². The zero-order valence-corrected chi connectivity index (χ0v) is 12.5. The van der Waals surface area contributed by atoms with E-state index in [0.717, 1.165) is 11.1 Å². The van der Waals surface area contributed by atoms with Crippen LogP contribution in [0.1, 0.15) is 11.5 Å². The average Bonchev–Trinajstić information content (AvgIpc) is 3.17. The van der Waals surface area contributed by atoms with E-state index in [1.54, 1.807) is 17.4 Å². The van der Waals surface area contributed by atoms with Crippen LogP contribution in [0.5, 0.6) is 0 Å². The zero-order chi connectivity index (χ0) is 15.5. The summed E-state index contributed by atoms with van der Waals surface area (Å²) in [6.45, 7) is 2.18. The molecule has 0 radical (unpaired) electrons. The number of hydrogen-bond acceptors (Lipinski definition) is 7. The number of benzene rings is 1. The molecule has 3 aromatic rings. The van der Waals surface area contributed by atoms with Gasteiger partial charge in [0.15, 0.2) is 0 Å². The smallest absolute Gasteiger partial charge is 0.271 e. The third-order valence-electron chi connectivity index (χ3n) is 3.11. The van der Waals surface area contributed by atoms with Crippen LogP contribution in [0.4, 0.5) is 11.4 Å². The molecule has 0 saturated heterocycles. The van der Waals surface area contributed by atoms with Gasteiger partial charge in [0, 0.05) is 28.8 Å². The van der Waals surface area contributed by atoms with E-state index in [-0.39, 0.29) is 5.69 Å². The Morgan fingerprint density at radius 1 is 1.41 bits per heavy atom. The first-order valence-electron chi connectivity index (χ1n) is 6.47. The molecule has 7 nitrogen and oxygen atoms in total. The molecule has 0 spiro atoms. The van der Waals surface area contributed by atoms with E-state index in [9.17, 15) is 10.1 Å². The Morgan fingerprint density at radius 3 is 3.00 bits per heavy atom. The number of nitrogens with zero attached hydrogens (tertiary/aromatic N) is 3. The number of aryl methyl sites for hydroxylation is 1. The molecule has 0 aliphatic rings. The molecule has 112 valence electrons. The molecule has 1 N–H and O–H groups in total. The van der Waals surface area contributed by atoms with E-state index in [2.05, 4.69) is 15.5 Å². The third-order valence-corrected chi connectivity index (χ3v) is 3.79. The number of nitrogens with one attached hydrogen (secondary N) is 1. The Labute approximate surface area is 129 Å². The van der Waals surface area contributed by atoms with Gasteiger partial charge in [-0.05, 0) is 23.9 Å². The molecule has 2 heterocycles. The van der Waals surface area contributed by atoms with Gasteiger partial charge in [0.25, 0.3) is 5.69 Å². The highest BCUT2D eigenvalue weighted by Crippen LogP contribution is 2.23. The van der Waals surface area contributed by atoms with Crippen LogP contribution in [0.2, 0.25) is 0 Å². The number of nitro benzene ring substituents is 1. The van der Waals surface area contributed by atoms with Crippen LogP contribution < -0.4 is 5.32 Å². The highest BCUT2D eigenvalue weighted by Gasteiger charge is 2.11. The van der Waals surface area contributed by atoms with E-state index < -0.39 is 4.92 Å². The highest BCUT2D eigenvalue weighted by molar-refractivity contribution is 7.08. The minimum Gasteiger partial charge on any atom is -0.376 e. The molecular formula is C14H12N4O3S. The largest absolute Gasteiger partial charge is 0.376 e. The fourth-order valence-corrected chi connectivity index (χ4v) is 2.55. The van der Waals surface area contributed by atoms with Crippen LogP contribution >= 0.6 is 11.3 Å². The summed E-state index contributed by atoms with van der Waals surface area (Å²) in [5.74, 6) is 0.959. The number of hydrogen-bond donors (Lipinski definition) is 1. The molecule has 0 bridgehead atoms. The molecule has 2 aromatic heterocycles. The normalized spacial score (nSPS) is 10.6. The maximum Gasteiger partial charge on any atom is 0.271 e. The van der Waals surface area contributed by atoms with Crippen molar-refractivity contribution in [3.63, 3.8) is 0 Å². The van der Waals surface area contributed by atoms with Crippen molar-refractivity contribution in [1.82, 2.24) is 10.1 Å². The number of thiophene rings is 1. The van der Waals surface area contributed by atoms with Gasteiger partial charge in [-0.1, -0.05) is 11.2 Å². The molecule has 0 fully saturated rings. The molecule has 0 aliphatic carbocycles. The summed E-state index contributed by atoms with van der Waals surface area (Å²) in [6.07, 6.45) is 0. The SMILES string of the molecule is Cc1ccc([N+](=O)[O-])cc1NCc1nc(-c2ccsc2)no1. The monoisotopic (exact) mass is 316 g/mol. The molecule has 0 aliphatic heterocycles. The Morgan fingerprint density at radius 2 is 2.27 bits per heavy atom. The Kier molecular flexibility index (Phi) is 3.84. The van der Waals surface area contributed by atoms with Crippen molar-refractivity contribution in [2.75, 3.05) is 5.32 Å². The molecule has 0 saturated carbocycles. The third kappa shape index (κ3) is 2.96. The van der Waals surface area contributed by atoms with E-state index >= 15 is 0 Å². The minimum absolute atomic E-state index is 0.0394. The van der Waals surface area contributed by atoms with Gasteiger partial charge in [-0.2, -0.15) is 16.3 Å². The van der Waals surface area contributed by atoms with Crippen LogP contribution in [0.3, 0.4) is 0 Å². The summed E-state index contributed by atoms with van der Waals surface area (Å²) in [6, 6.07) is 6.58. The standard InChI is InChI=1S/C14H12N4O3S/c1-9-2-3-11(18(19)20)6-12(9)15-7-13-16-14(17-21-13)10-4-5-22-8-10/h2-6,8,15H,7H2,1H3. The topological polar surface area (TPSA) is 94.1 Å². The maximum absolute atomic E-state index is 10.8. The lowest BCUT2D eigenvalue weighted by Crippen LogP contribution is -2.02. The average molecular weight is 316 g/mol. The summed E-state index contributed by atoms with van der Waals surface area (Å²) in [4.78, 5) is 14.7. The molecule has 1 aromatic carbocycles. The number of nitro groups is 1. The van der Waals surface area contributed by atoms with Gasteiger partial charge in [0.1, 0.15) is 0 Å². The first-order valence-corrected chi connectivity index (χ1v) is 7.42. The van der Waals surface area contributed by atoms with Gasteiger partial charge < -0.3 is 9.84 Å². The first-order chi connectivity index (χ1) is 10.6. The van der Waals surface area contributed by atoms with Gasteiger partial charge in [-0.3, -0.25) is 10.1 Å². The molecule has 0 atom stereocenters. The van der Waals surface area contributed by atoms with E-state index in [1.165, 1.54) is 12.1 Å². The van der Waals surface area contributed by atoms with Crippen LogP contribution in [0, 0.1) is 17.0 Å². The van der Waals surface area contributed by atoms with Crippen LogP contribution in [-0.4, -0.2) is 15.1 Å². The molecule has 3 rings (SSSR count). The fraction of sp³-hybridized carbons (Fsp3) is 0.143. The zero-order valence-electron chi connectivity index (χ0n) is 11.6. The molecule has 22 heavy (non-hydrogen) atoms. The van der Waals surface area contributed by atoms with Crippen LogP contribution in [0.25, 0.3) is 11.4 Å². The van der Waals surface area contributed by atoms with Gasteiger partial charge in [0.05, 0.1) is 11.5 Å². The van der Waals surface area contributed by atoms with Crippen LogP contribution in [0.15, 0.2) is 39.5 Å². The predicted molar refractivity (Wildman–Crippen MR) is 82.8 cm³/mol. The van der Waals surface area contributed by atoms with E-state index in [1.807, 2.05) is 23.8 Å². The molecule has 8 heteroatoms. The lowest BCUT2D eigenvalue weighted by Gasteiger charge is -2.06. The van der Waals surface area contributed by atoms with Crippen molar-refractivity contribution < 1.29 is 9.45 Å². The summed E-state index contributed by atoms with van der Waals surface area (Å²) in [5, 5.41) is 21.7. The maximum atomic E-state index is 10.8.